The van der Waals surface area contributed by atoms with Gasteiger partial charge >= 0.3 is 0 Å². The number of benzene rings is 1. The molecule has 1 atom stereocenters. The van der Waals surface area contributed by atoms with Crippen molar-refractivity contribution in [2.24, 2.45) is 5.41 Å². The van der Waals surface area contributed by atoms with E-state index in [1.165, 1.54) is 5.56 Å². The molecule has 2 aliphatic heterocycles. The number of piperidine rings is 1. The Morgan fingerprint density at radius 2 is 1.92 bits per heavy atom. The van der Waals surface area contributed by atoms with Crippen molar-refractivity contribution in [3.05, 3.63) is 35.9 Å². The SMILES string of the molecule is CNCC(=O)N1CCC2(CC1)C[C@@H](Cc1ccccc1)N(C)C2=O. The van der Waals surface area contributed by atoms with Crippen LogP contribution in [0.15, 0.2) is 30.3 Å². The molecule has 0 unspecified atom stereocenters. The Hall–Kier alpha value is -1.88. The first kappa shape index (κ1) is 17.0. The Morgan fingerprint density at radius 1 is 1.25 bits per heavy atom. The molecule has 1 spiro atoms. The third kappa shape index (κ3) is 3.18. The maximum atomic E-state index is 12.9. The van der Waals surface area contributed by atoms with Gasteiger partial charge in [-0.2, -0.15) is 0 Å². The molecule has 24 heavy (non-hydrogen) atoms. The van der Waals surface area contributed by atoms with Crippen LogP contribution in [0.2, 0.25) is 0 Å². The van der Waals surface area contributed by atoms with Gasteiger partial charge in [-0.25, -0.2) is 0 Å². The molecule has 0 aromatic heterocycles. The summed E-state index contributed by atoms with van der Waals surface area (Å²) in [5.41, 5.74) is 1.02. The number of amides is 2. The molecule has 2 saturated heterocycles. The van der Waals surface area contributed by atoms with Gasteiger partial charge in [-0.15, -0.1) is 0 Å². The maximum Gasteiger partial charge on any atom is 0.236 e. The molecule has 1 aromatic carbocycles. The van der Waals surface area contributed by atoms with Crippen LogP contribution in [0.1, 0.15) is 24.8 Å². The predicted molar refractivity (Wildman–Crippen MR) is 93.5 cm³/mol. The minimum atomic E-state index is -0.259. The van der Waals surface area contributed by atoms with Crippen LogP contribution in [0.4, 0.5) is 0 Å². The first-order valence-electron chi connectivity index (χ1n) is 8.79. The predicted octanol–water partition coefficient (Wildman–Crippen LogP) is 1.29. The zero-order valence-corrected chi connectivity index (χ0v) is 14.6. The Bertz CT molecular complexity index is 594. The van der Waals surface area contributed by atoms with Crippen LogP contribution < -0.4 is 5.32 Å². The van der Waals surface area contributed by atoms with E-state index in [9.17, 15) is 9.59 Å². The summed E-state index contributed by atoms with van der Waals surface area (Å²) in [7, 11) is 3.72. The first-order valence-corrected chi connectivity index (χ1v) is 8.79. The van der Waals surface area contributed by atoms with Gasteiger partial charge in [0.05, 0.1) is 12.0 Å². The van der Waals surface area contributed by atoms with E-state index in [2.05, 4.69) is 17.4 Å². The van der Waals surface area contributed by atoms with Crippen LogP contribution in [0.5, 0.6) is 0 Å². The fourth-order valence-electron chi connectivity index (χ4n) is 4.18. The monoisotopic (exact) mass is 329 g/mol. The average molecular weight is 329 g/mol. The molecule has 130 valence electrons. The standard InChI is InChI=1S/C19H27N3O2/c1-20-14-17(23)22-10-8-19(9-11-22)13-16(21(2)18(19)24)12-15-6-4-3-5-7-15/h3-7,16,20H,8-14H2,1-2H3/t16-/m1/s1. The second-order valence-corrected chi connectivity index (χ2v) is 7.16. The van der Waals surface area contributed by atoms with Crippen molar-refractivity contribution in [3.8, 4) is 0 Å². The highest BCUT2D eigenvalue weighted by atomic mass is 16.2. The van der Waals surface area contributed by atoms with Crippen molar-refractivity contribution in [1.29, 1.82) is 0 Å². The molecular formula is C19H27N3O2. The Balaban J connectivity index is 1.65. The lowest BCUT2D eigenvalue weighted by Gasteiger charge is -2.37. The first-order chi connectivity index (χ1) is 11.6. The summed E-state index contributed by atoms with van der Waals surface area (Å²) in [4.78, 5) is 28.7. The van der Waals surface area contributed by atoms with Gasteiger partial charge in [0.15, 0.2) is 0 Å². The van der Waals surface area contributed by atoms with E-state index in [4.69, 9.17) is 0 Å². The molecule has 0 saturated carbocycles. The molecular weight excluding hydrogens is 302 g/mol. The van der Waals surface area contributed by atoms with Gasteiger partial charge in [-0.05, 0) is 38.3 Å². The number of hydrogen-bond donors (Lipinski definition) is 1. The summed E-state index contributed by atoms with van der Waals surface area (Å²) in [6.07, 6.45) is 3.40. The van der Waals surface area contributed by atoms with Crippen molar-refractivity contribution < 1.29 is 9.59 Å². The number of nitrogens with zero attached hydrogens (tertiary/aromatic N) is 2. The molecule has 5 nitrogen and oxygen atoms in total. The van der Waals surface area contributed by atoms with E-state index in [-0.39, 0.29) is 23.3 Å². The third-order valence-corrected chi connectivity index (χ3v) is 5.66. The minimum Gasteiger partial charge on any atom is -0.342 e. The normalized spacial score (nSPS) is 23.1. The van der Waals surface area contributed by atoms with Crippen molar-refractivity contribution in [2.45, 2.75) is 31.7 Å². The van der Waals surface area contributed by atoms with Gasteiger partial charge in [0, 0.05) is 26.2 Å². The second-order valence-electron chi connectivity index (χ2n) is 7.16. The maximum absolute atomic E-state index is 12.9. The number of likely N-dealkylation sites (tertiary alicyclic amines) is 2. The zero-order valence-electron chi connectivity index (χ0n) is 14.6. The molecule has 1 N–H and O–H groups in total. The van der Waals surface area contributed by atoms with Crippen molar-refractivity contribution in [2.75, 3.05) is 33.7 Å². The lowest BCUT2D eigenvalue weighted by Crippen LogP contribution is -2.48. The smallest absolute Gasteiger partial charge is 0.236 e. The Morgan fingerprint density at radius 3 is 2.54 bits per heavy atom. The number of carbonyl (C=O) groups excluding carboxylic acids is 2. The van der Waals surface area contributed by atoms with E-state index >= 15 is 0 Å². The molecule has 1 aromatic rings. The van der Waals surface area contributed by atoms with Crippen LogP contribution in [0.25, 0.3) is 0 Å². The fourth-order valence-corrected chi connectivity index (χ4v) is 4.18. The van der Waals surface area contributed by atoms with Gasteiger partial charge in [-0.1, -0.05) is 30.3 Å². The molecule has 2 heterocycles. The van der Waals surface area contributed by atoms with E-state index in [0.29, 0.717) is 19.6 Å². The summed E-state index contributed by atoms with van der Waals surface area (Å²) in [5.74, 6) is 0.399. The summed E-state index contributed by atoms with van der Waals surface area (Å²) in [6.45, 7) is 1.76. The number of carbonyl (C=O) groups is 2. The topological polar surface area (TPSA) is 52.7 Å². The summed E-state index contributed by atoms with van der Waals surface area (Å²) in [6, 6.07) is 10.6. The summed E-state index contributed by atoms with van der Waals surface area (Å²) in [5, 5.41) is 2.91. The summed E-state index contributed by atoms with van der Waals surface area (Å²) >= 11 is 0. The van der Waals surface area contributed by atoms with Crippen LogP contribution in [0.3, 0.4) is 0 Å². The Labute approximate surface area is 144 Å². The van der Waals surface area contributed by atoms with E-state index in [0.717, 1.165) is 25.7 Å². The van der Waals surface area contributed by atoms with Gasteiger partial charge in [0.25, 0.3) is 0 Å². The Kier molecular flexibility index (Phi) is 4.90. The molecule has 0 bridgehead atoms. The average Bonchev–Trinajstić information content (AvgIpc) is 2.82. The zero-order chi connectivity index (χ0) is 17.2. The van der Waals surface area contributed by atoms with Gasteiger partial charge < -0.3 is 15.1 Å². The summed E-state index contributed by atoms with van der Waals surface area (Å²) < 4.78 is 0. The highest BCUT2D eigenvalue weighted by Gasteiger charge is 2.51. The lowest BCUT2D eigenvalue weighted by molar-refractivity contribution is -0.141. The van der Waals surface area contributed by atoms with Gasteiger partial charge in [-0.3, -0.25) is 9.59 Å². The van der Waals surface area contributed by atoms with E-state index < -0.39 is 0 Å². The number of nitrogens with one attached hydrogen (secondary N) is 1. The van der Waals surface area contributed by atoms with Crippen LogP contribution >= 0.6 is 0 Å². The highest BCUT2D eigenvalue weighted by Crippen LogP contribution is 2.44. The van der Waals surface area contributed by atoms with Crippen molar-refractivity contribution in [3.63, 3.8) is 0 Å². The fraction of sp³-hybridized carbons (Fsp3) is 0.579. The number of hydrogen-bond acceptors (Lipinski definition) is 3. The quantitative estimate of drug-likeness (QED) is 0.906. The lowest BCUT2D eigenvalue weighted by atomic mass is 9.75. The van der Waals surface area contributed by atoms with Crippen molar-refractivity contribution in [1.82, 2.24) is 15.1 Å². The number of likely N-dealkylation sites (N-methyl/N-ethyl adjacent to an activating group) is 2. The molecule has 0 radical (unpaired) electrons. The molecule has 0 aliphatic carbocycles. The van der Waals surface area contributed by atoms with E-state index in [1.54, 1.807) is 7.05 Å². The van der Waals surface area contributed by atoms with Gasteiger partial charge in [0.2, 0.25) is 11.8 Å². The number of rotatable bonds is 4. The van der Waals surface area contributed by atoms with Crippen LogP contribution in [-0.2, 0) is 16.0 Å². The minimum absolute atomic E-state index is 0.131. The molecule has 3 rings (SSSR count). The molecule has 5 heteroatoms. The largest absolute Gasteiger partial charge is 0.342 e. The third-order valence-electron chi connectivity index (χ3n) is 5.66. The van der Waals surface area contributed by atoms with Crippen LogP contribution in [-0.4, -0.2) is 61.4 Å². The van der Waals surface area contributed by atoms with Gasteiger partial charge in [0.1, 0.15) is 0 Å². The molecule has 2 aliphatic rings. The molecule has 2 fully saturated rings. The van der Waals surface area contributed by atoms with Crippen LogP contribution in [0, 0.1) is 5.41 Å². The van der Waals surface area contributed by atoms with E-state index in [1.807, 2.05) is 35.0 Å². The molecule has 2 amide bonds. The highest BCUT2D eigenvalue weighted by molar-refractivity contribution is 5.86. The van der Waals surface area contributed by atoms with Crippen molar-refractivity contribution >= 4 is 11.8 Å². The second kappa shape index (κ2) is 6.93.